The maximum absolute atomic E-state index is 5.12. The standard InChI is InChI=1S/C8H11N3/c9-5-4-6-10-11-7-2-1-3-8-11/h2-8H,1,9H2. The molecule has 0 aromatic heterocycles. The molecule has 2 N–H and O–H groups in total. The fourth-order valence-corrected chi connectivity index (χ4v) is 0.708. The van der Waals surface area contributed by atoms with Crippen molar-refractivity contribution < 1.29 is 0 Å². The van der Waals surface area contributed by atoms with Crippen LogP contribution in [0.3, 0.4) is 0 Å². The zero-order valence-corrected chi connectivity index (χ0v) is 6.22. The number of allylic oxidation sites excluding steroid dienone is 3. The molecule has 0 fully saturated rings. The first-order valence-electron chi connectivity index (χ1n) is 3.46. The van der Waals surface area contributed by atoms with Gasteiger partial charge in [-0.2, -0.15) is 5.10 Å². The molecule has 0 bridgehead atoms. The molecular weight excluding hydrogens is 138 g/mol. The molecule has 0 saturated carbocycles. The summed E-state index contributed by atoms with van der Waals surface area (Å²) in [4.78, 5) is 0. The highest BCUT2D eigenvalue weighted by atomic mass is 15.4. The number of hydrogen-bond acceptors (Lipinski definition) is 3. The van der Waals surface area contributed by atoms with E-state index in [0.29, 0.717) is 0 Å². The molecule has 3 nitrogen and oxygen atoms in total. The lowest BCUT2D eigenvalue weighted by Gasteiger charge is -2.09. The van der Waals surface area contributed by atoms with E-state index in [-0.39, 0.29) is 0 Å². The lowest BCUT2D eigenvalue weighted by Crippen LogP contribution is -2.01. The minimum atomic E-state index is 0.985. The molecule has 1 rings (SSSR count). The van der Waals surface area contributed by atoms with Gasteiger partial charge < -0.3 is 5.73 Å². The van der Waals surface area contributed by atoms with Crippen LogP contribution in [0, 0.1) is 0 Å². The number of hydrogen-bond donors (Lipinski definition) is 1. The van der Waals surface area contributed by atoms with Crippen LogP contribution in [0.15, 0.2) is 41.9 Å². The molecule has 3 heteroatoms. The summed E-state index contributed by atoms with van der Waals surface area (Å²) in [5.74, 6) is 0. The molecule has 0 spiro atoms. The average Bonchev–Trinajstić information content (AvgIpc) is 2.07. The summed E-state index contributed by atoms with van der Waals surface area (Å²) in [6, 6.07) is 0. The van der Waals surface area contributed by atoms with Crippen molar-refractivity contribution >= 4 is 6.21 Å². The Morgan fingerprint density at radius 3 is 2.73 bits per heavy atom. The van der Waals surface area contributed by atoms with Crippen LogP contribution in [0.2, 0.25) is 0 Å². The van der Waals surface area contributed by atoms with E-state index in [1.807, 2.05) is 24.6 Å². The molecule has 0 atom stereocenters. The maximum Gasteiger partial charge on any atom is 0.0492 e. The van der Waals surface area contributed by atoms with Crippen LogP contribution in [-0.2, 0) is 0 Å². The highest BCUT2D eigenvalue weighted by Gasteiger charge is 1.89. The SMILES string of the molecule is NC=CC=NN1C=CCC=C1. The Morgan fingerprint density at radius 1 is 1.36 bits per heavy atom. The van der Waals surface area contributed by atoms with Crippen molar-refractivity contribution in [1.82, 2.24) is 5.01 Å². The van der Waals surface area contributed by atoms with Gasteiger partial charge in [-0.05, 0) is 18.7 Å². The van der Waals surface area contributed by atoms with E-state index >= 15 is 0 Å². The maximum atomic E-state index is 5.12. The van der Waals surface area contributed by atoms with Crippen LogP contribution in [0.1, 0.15) is 6.42 Å². The molecule has 1 aliphatic rings. The summed E-state index contributed by atoms with van der Waals surface area (Å²) < 4.78 is 0. The molecule has 11 heavy (non-hydrogen) atoms. The van der Waals surface area contributed by atoms with Crippen molar-refractivity contribution in [2.75, 3.05) is 0 Å². The van der Waals surface area contributed by atoms with E-state index in [1.165, 1.54) is 6.20 Å². The summed E-state index contributed by atoms with van der Waals surface area (Å²) in [5.41, 5.74) is 5.12. The highest BCUT2D eigenvalue weighted by Crippen LogP contribution is 2.01. The monoisotopic (exact) mass is 149 g/mol. The van der Waals surface area contributed by atoms with Gasteiger partial charge in [-0.15, -0.1) is 0 Å². The van der Waals surface area contributed by atoms with Crippen LogP contribution in [0.4, 0.5) is 0 Å². The topological polar surface area (TPSA) is 41.6 Å². The summed E-state index contributed by atoms with van der Waals surface area (Å²) >= 11 is 0. The molecule has 0 radical (unpaired) electrons. The van der Waals surface area contributed by atoms with E-state index in [0.717, 1.165) is 6.42 Å². The second-order valence-electron chi connectivity index (χ2n) is 2.03. The van der Waals surface area contributed by atoms with Crippen LogP contribution in [0.25, 0.3) is 0 Å². The molecule has 0 aliphatic carbocycles. The third-order valence-electron chi connectivity index (χ3n) is 1.19. The van der Waals surface area contributed by atoms with Crippen LogP contribution >= 0.6 is 0 Å². The van der Waals surface area contributed by atoms with Gasteiger partial charge in [-0.3, -0.25) is 0 Å². The highest BCUT2D eigenvalue weighted by molar-refractivity contribution is 5.70. The van der Waals surface area contributed by atoms with Crippen LogP contribution < -0.4 is 5.73 Å². The van der Waals surface area contributed by atoms with Crippen molar-refractivity contribution in [3.63, 3.8) is 0 Å². The number of nitrogens with two attached hydrogens (primary N) is 1. The van der Waals surface area contributed by atoms with Gasteiger partial charge in [-0.25, -0.2) is 5.01 Å². The van der Waals surface area contributed by atoms with Crippen LogP contribution in [0.5, 0.6) is 0 Å². The molecule has 1 heterocycles. The molecule has 0 amide bonds. The lowest BCUT2D eigenvalue weighted by atomic mass is 10.3. The summed E-state index contributed by atoms with van der Waals surface area (Å²) in [5, 5.41) is 5.77. The fourth-order valence-electron chi connectivity index (χ4n) is 0.708. The van der Waals surface area contributed by atoms with Gasteiger partial charge in [0.25, 0.3) is 0 Å². The second-order valence-corrected chi connectivity index (χ2v) is 2.03. The summed E-state index contributed by atoms with van der Waals surface area (Å²) in [6.45, 7) is 0. The third-order valence-corrected chi connectivity index (χ3v) is 1.19. The Kier molecular flexibility index (Phi) is 2.99. The third kappa shape index (κ3) is 2.71. The summed E-state index contributed by atoms with van der Waals surface area (Å²) in [6.07, 6.45) is 13.6. The lowest BCUT2D eigenvalue weighted by molar-refractivity contribution is 0.539. The van der Waals surface area contributed by atoms with Gasteiger partial charge >= 0.3 is 0 Å². The van der Waals surface area contributed by atoms with Crippen molar-refractivity contribution in [1.29, 1.82) is 0 Å². The van der Waals surface area contributed by atoms with E-state index in [4.69, 9.17) is 5.73 Å². The average molecular weight is 149 g/mol. The molecule has 58 valence electrons. The Morgan fingerprint density at radius 2 is 2.09 bits per heavy atom. The zero-order valence-electron chi connectivity index (χ0n) is 6.22. The zero-order chi connectivity index (χ0) is 7.94. The first-order chi connectivity index (χ1) is 5.43. The van der Waals surface area contributed by atoms with Crippen molar-refractivity contribution in [3.05, 3.63) is 36.8 Å². The van der Waals surface area contributed by atoms with E-state index in [1.54, 1.807) is 17.3 Å². The predicted molar refractivity (Wildman–Crippen MR) is 46.6 cm³/mol. The fraction of sp³-hybridized carbons (Fsp3) is 0.125. The van der Waals surface area contributed by atoms with Crippen molar-refractivity contribution in [2.24, 2.45) is 10.8 Å². The van der Waals surface area contributed by atoms with Gasteiger partial charge in [0, 0.05) is 18.6 Å². The van der Waals surface area contributed by atoms with E-state index in [2.05, 4.69) is 5.10 Å². The van der Waals surface area contributed by atoms with Crippen molar-refractivity contribution in [3.8, 4) is 0 Å². The van der Waals surface area contributed by atoms with Gasteiger partial charge in [0.05, 0.1) is 0 Å². The molecular formula is C8H11N3. The Bertz CT molecular complexity index is 201. The number of hydrazone groups is 1. The molecule has 0 unspecified atom stereocenters. The molecule has 1 aliphatic heterocycles. The van der Waals surface area contributed by atoms with E-state index in [9.17, 15) is 0 Å². The van der Waals surface area contributed by atoms with Crippen molar-refractivity contribution in [2.45, 2.75) is 6.42 Å². The second kappa shape index (κ2) is 4.33. The van der Waals surface area contributed by atoms with Gasteiger partial charge in [0.15, 0.2) is 0 Å². The Balaban J connectivity index is 2.42. The predicted octanol–water partition coefficient (Wildman–Crippen LogP) is 1.18. The first-order valence-corrected chi connectivity index (χ1v) is 3.46. The number of rotatable bonds is 2. The minimum absolute atomic E-state index is 0.985. The molecule has 0 saturated heterocycles. The quantitative estimate of drug-likeness (QED) is 0.599. The number of nitrogens with zero attached hydrogens (tertiary/aromatic N) is 2. The first kappa shape index (κ1) is 7.60. The molecule has 0 aromatic carbocycles. The smallest absolute Gasteiger partial charge is 0.0492 e. The van der Waals surface area contributed by atoms with Gasteiger partial charge in [0.1, 0.15) is 0 Å². The largest absolute Gasteiger partial charge is 0.405 e. The van der Waals surface area contributed by atoms with Gasteiger partial charge in [-0.1, -0.05) is 12.2 Å². The van der Waals surface area contributed by atoms with Gasteiger partial charge in [0.2, 0.25) is 0 Å². The molecule has 0 aromatic rings. The normalized spacial score (nSPS) is 17.3. The van der Waals surface area contributed by atoms with Crippen LogP contribution in [-0.4, -0.2) is 11.2 Å². The minimum Gasteiger partial charge on any atom is -0.405 e. The summed E-state index contributed by atoms with van der Waals surface area (Å²) in [7, 11) is 0. The Labute approximate surface area is 66.2 Å². The van der Waals surface area contributed by atoms with E-state index < -0.39 is 0 Å². The Hall–Kier alpha value is -1.51.